The predicted octanol–water partition coefficient (Wildman–Crippen LogP) is 7.02. The number of carbonyl (C=O) groups is 5. The highest BCUT2D eigenvalue weighted by molar-refractivity contribution is 6.09. The fourth-order valence-corrected chi connectivity index (χ4v) is 9.38. The number of hydrogen-bond donors (Lipinski definition) is 5. The number of benzene rings is 3. The van der Waals surface area contributed by atoms with Gasteiger partial charge in [-0.05, 0) is 107 Å². The summed E-state index contributed by atoms with van der Waals surface area (Å²) in [4.78, 5) is 71.9. The summed E-state index contributed by atoms with van der Waals surface area (Å²) < 4.78 is 46.0. The molecule has 6 rings (SSSR count). The zero-order chi connectivity index (χ0) is 57.4. The van der Waals surface area contributed by atoms with Crippen molar-refractivity contribution in [2.24, 2.45) is 4.99 Å². The number of aryl methyl sites for hydroxylation is 2. The maximum Gasteiger partial charge on any atom is 0.407 e. The van der Waals surface area contributed by atoms with E-state index in [1.165, 1.54) is 4.90 Å². The molecule has 1 fully saturated rings. The zero-order valence-electron chi connectivity index (χ0n) is 48.0. The minimum absolute atomic E-state index is 0.0114. The van der Waals surface area contributed by atoms with E-state index < -0.39 is 30.5 Å². The van der Waals surface area contributed by atoms with Crippen LogP contribution in [0.15, 0.2) is 69.7 Å². The molecule has 2 aromatic rings. The van der Waals surface area contributed by atoms with Crippen molar-refractivity contribution in [3.8, 4) is 22.5 Å². The van der Waals surface area contributed by atoms with E-state index in [0.29, 0.717) is 108 Å². The third-order valence-corrected chi connectivity index (χ3v) is 13.6. The Kier molecular flexibility index (Phi) is 25.5. The van der Waals surface area contributed by atoms with Gasteiger partial charge in [-0.15, -0.1) is 0 Å². The highest BCUT2D eigenvalue weighted by Crippen LogP contribution is 2.43. The van der Waals surface area contributed by atoms with Crippen LogP contribution in [0.4, 0.5) is 15.3 Å². The molecule has 438 valence electrons. The van der Waals surface area contributed by atoms with Gasteiger partial charge < -0.3 is 63.7 Å². The average molecular weight is 1110 g/mol. The van der Waals surface area contributed by atoms with Gasteiger partial charge in [-0.3, -0.25) is 24.8 Å². The summed E-state index contributed by atoms with van der Waals surface area (Å²) in [6.45, 7) is 19.1. The topological polar surface area (TPSA) is 242 Å². The zero-order valence-corrected chi connectivity index (χ0v) is 48.0. The molecule has 80 heavy (non-hydrogen) atoms. The molecule has 1 aliphatic carbocycles. The summed E-state index contributed by atoms with van der Waals surface area (Å²) in [5.74, 6) is -0.410. The van der Waals surface area contributed by atoms with E-state index in [1.807, 2.05) is 71.0 Å². The van der Waals surface area contributed by atoms with E-state index in [2.05, 4.69) is 57.6 Å². The number of amides is 5. The second-order valence-electron chi connectivity index (χ2n) is 19.8. The minimum Gasteiger partial charge on any atom is -0.458 e. The molecule has 4 atom stereocenters. The molecule has 4 aliphatic rings. The van der Waals surface area contributed by atoms with Crippen molar-refractivity contribution in [3.05, 3.63) is 82.4 Å². The molecule has 4 unspecified atom stereocenters. The Morgan fingerprint density at radius 2 is 1.54 bits per heavy atom. The van der Waals surface area contributed by atoms with Gasteiger partial charge in [0.1, 0.15) is 49.7 Å². The molecule has 5 N–H and O–H groups in total. The fraction of sp³-hybridized carbons (Fsp3) is 0.559. The lowest BCUT2D eigenvalue weighted by Crippen LogP contribution is -2.56. The number of esters is 1. The van der Waals surface area contributed by atoms with Gasteiger partial charge in [0, 0.05) is 99.0 Å². The number of nitrogens with one attached hydrogen (secondary N) is 5. The summed E-state index contributed by atoms with van der Waals surface area (Å²) >= 11 is 0. The van der Waals surface area contributed by atoms with Crippen LogP contribution >= 0.6 is 0 Å². The van der Waals surface area contributed by atoms with Crippen molar-refractivity contribution in [3.63, 3.8) is 0 Å². The summed E-state index contributed by atoms with van der Waals surface area (Å²) in [6.07, 6.45) is 3.25. The van der Waals surface area contributed by atoms with Crippen LogP contribution in [0.5, 0.6) is 0 Å². The Balaban J connectivity index is 0.805. The summed E-state index contributed by atoms with van der Waals surface area (Å²) in [5.41, 5.74) is 7.70. The van der Waals surface area contributed by atoms with E-state index in [1.54, 1.807) is 18.1 Å². The van der Waals surface area contributed by atoms with E-state index in [0.717, 1.165) is 69.2 Å². The molecular weight excluding hydrogens is 1030 g/mol. The summed E-state index contributed by atoms with van der Waals surface area (Å²) in [6, 6.07) is 15.4. The first-order valence-electron chi connectivity index (χ1n) is 28.2. The molecule has 0 saturated carbocycles. The van der Waals surface area contributed by atoms with E-state index in [4.69, 9.17) is 37.6 Å². The third kappa shape index (κ3) is 18.2. The molecule has 3 aliphatic heterocycles. The average Bonchev–Trinajstić information content (AvgIpc) is 3.92. The molecule has 21 nitrogen and oxygen atoms in total. The number of fused-ring (bicyclic) bond motifs is 2. The Bertz CT molecular complexity index is 2750. The minimum atomic E-state index is -0.613. The molecule has 2 aromatic carbocycles. The molecule has 0 radical (unpaired) electrons. The smallest absolute Gasteiger partial charge is 0.407 e. The normalized spacial score (nSPS) is 17.4. The summed E-state index contributed by atoms with van der Waals surface area (Å²) in [7, 11) is 1.70. The fourth-order valence-electron chi connectivity index (χ4n) is 9.38. The Morgan fingerprint density at radius 3 is 2.26 bits per heavy atom. The number of hydrogen-bond acceptors (Lipinski definition) is 16. The van der Waals surface area contributed by atoms with E-state index >= 15 is 0 Å². The van der Waals surface area contributed by atoms with Crippen LogP contribution in [0.25, 0.3) is 33.4 Å². The lowest BCUT2D eigenvalue weighted by Gasteiger charge is -2.34. The number of alkyl carbamates (subject to hydrolysis) is 1. The van der Waals surface area contributed by atoms with Gasteiger partial charge in [0.2, 0.25) is 5.91 Å². The second-order valence-corrected chi connectivity index (χ2v) is 19.8. The molecule has 0 aromatic heterocycles. The maximum atomic E-state index is 14.1. The first-order chi connectivity index (χ1) is 38.8. The van der Waals surface area contributed by atoms with Gasteiger partial charge >= 0.3 is 18.1 Å². The van der Waals surface area contributed by atoms with Crippen molar-refractivity contribution in [2.45, 2.75) is 112 Å². The lowest BCUT2D eigenvalue weighted by molar-refractivity contribution is -0.158. The lowest BCUT2D eigenvalue weighted by atomic mass is 9.89. The number of rotatable bonds is 33. The molecule has 3 heterocycles. The number of anilines is 1. The van der Waals surface area contributed by atoms with E-state index in [9.17, 15) is 24.0 Å². The maximum absolute atomic E-state index is 14.1. The Morgan fingerprint density at radius 1 is 0.812 bits per heavy atom. The number of carbonyl (C=O) groups excluding carboxylic acids is 5. The molecule has 5 amide bonds. The number of urea groups is 1. The number of unbranched alkanes of at least 4 members (excludes halogenated alkanes) is 1. The van der Waals surface area contributed by atoms with Crippen molar-refractivity contribution in [1.29, 1.82) is 0 Å². The van der Waals surface area contributed by atoms with Crippen LogP contribution in [0.1, 0.15) is 94.6 Å². The first kappa shape index (κ1) is 62.6. The van der Waals surface area contributed by atoms with Gasteiger partial charge in [0.15, 0.2) is 0 Å². The van der Waals surface area contributed by atoms with Crippen LogP contribution < -0.4 is 31.9 Å². The number of likely N-dealkylation sites (N-methyl/N-ethyl adjacent to an activating group) is 1. The standard InChI is InChI=1S/C59H84N8O13/c1-9-13-20-62-52(68)37-76-38-54(69)80-51-35-53(79-48(51)10-2)67-36-41(7)56(65-58(67)71)63-21-16-24-73-27-29-75-30-28-74-25-17-22-64-59(72)77-26-23-66(8)57(70)43-19-15-14-18-42(43)55-44-31-39(5)46(60-11-3)33-49(44)78-50-34-47(61-12-4)40(6)32-45(50)55/h14-15,18-19,31-34,36,48,51,53,56,60,63H,9-13,16-17,20-30,35,37-38H2,1-8H3,(H,62,68)(H,64,72)(H,65,71). The SMILES string of the molecule is CCCCNC(=O)COCC(=O)OC1CC(N2C=C(C)C(NCCCOCCOCCOCCCNC(=O)OCCN(C)C(=O)c3ccccc3-c3c4cc(C)c(=NCC)cc-4oc4cc(NCC)c(C)cc34)NC2=O)OC1CC. The number of nitrogens with zero attached hydrogens (tertiary/aromatic N) is 3. The monoisotopic (exact) mass is 1110 g/mol. The third-order valence-electron chi connectivity index (χ3n) is 13.6. The van der Waals surface area contributed by atoms with Gasteiger partial charge in [0.05, 0.1) is 44.4 Å². The molecule has 0 spiro atoms. The van der Waals surface area contributed by atoms with Crippen LogP contribution in [0.2, 0.25) is 0 Å². The highest BCUT2D eigenvalue weighted by Gasteiger charge is 2.42. The molecule has 1 saturated heterocycles. The van der Waals surface area contributed by atoms with Gasteiger partial charge in [0.25, 0.3) is 5.91 Å². The Labute approximate surface area is 470 Å². The van der Waals surface area contributed by atoms with Crippen molar-refractivity contribution >= 4 is 46.6 Å². The number of ether oxygens (including phenoxy) is 7. The quantitative estimate of drug-likeness (QED) is 0.0183. The van der Waals surface area contributed by atoms with E-state index in [-0.39, 0.29) is 50.4 Å². The van der Waals surface area contributed by atoms with Crippen LogP contribution in [0, 0.1) is 13.8 Å². The first-order valence-corrected chi connectivity index (χ1v) is 28.2. The van der Waals surface area contributed by atoms with Crippen molar-refractivity contribution < 1.29 is 61.5 Å². The van der Waals surface area contributed by atoms with Crippen LogP contribution in [-0.2, 0) is 42.7 Å². The van der Waals surface area contributed by atoms with Gasteiger partial charge in [-0.2, -0.15) is 0 Å². The van der Waals surface area contributed by atoms with Crippen molar-refractivity contribution in [1.82, 2.24) is 31.1 Å². The molecule has 0 bridgehead atoms. The van der Waals surface area contributed by atoms with Gasteiger partial charge in [-0.25, -0.2) is 14.4 Å². The van der Waals surface area contributed by atoms with Crippen molar-refractivity contribution in [2.75, 3.05) is 111 Å². The molecular formula is C59H84N8O13. The second kappa shape index (κ2) is 32.6. The van der Waals surface area contributed by atoms with Gasteiger partial charge in [-0.1, -0.05) is 38.5 Å². The van der Waals surface area contributed by atoms with Crippen LogP contribution in [0.3, 0.4) is 0 Å². The van der Waals surface area contributed by atoms with Crippen LogP contribution in [-0.4, -0.2) is 170 Å². The highest BCUT2D eigenvalue weighted by atomic mass is 16.6. The molecule has 21 heteroatoms. The predicted molar refractivity (Wildman–Crippen MR) is 304 cm³/mol. The summed E-state index contributed by atoms with van der Waals surface area (Å²) in [5, 5.41) is 17.0. The largest absolute Gasteiger partial charge is 0.458 e. The Hall–Kier alpha value is -6.62.